The second kappa shape index (κ2) is 6.90. The number of rotatable bonds is 5. The molecule has 1 aromatic carbocycles. The third-order valence-corrected chi connectivity index (χ3v) is 4.00. The summed E-state index contributed by atoms with van der Waals surface area (Å²) in [6.45, 7) is 5.27. The standard InChI is InChI=1S/C14H15BrClN3O/c1-9-3-4-11(10(2)7-9)20-6-5-17-14-12(15)13(16)18-8-19-14/h3-4,7-8H,5-6H2,1-2H3,(H,17,18,19). The monoisotopic (exact) mass is 355 g/mol. The third kappa shape index (κ3) is 3.84. The van der Waals surface area contributed by atoms with E-state index in [1.54, 1.807) is 0 Å². The molecule has 4 nitrogen and oxygen atoms in total. The number of ether oxygens (including phenoxy) is 1. The Balaban J connectivity index is 1.86. The Hall–Kier alpha value is -1.33. The van der Waals surface area contributed by atoms with E-state index in [0.29, 0.717) is 28.6 Å². The number of hydrogen-bond donors (Lipinski definition) is 1. The Bertz CT molecular complexity index is 607. The second-order valence-electron chi connectivity index (χ2n) is 4.37. The average Bonchev–Trinajstić information content (AvgIpc) is 2.41. The maximum Gasteiger partial charge on any atom is 0.148 e. The molecule has 0 unspecified atom stereocenters. The van der Waals surface area contributed by atoms with Gasteiger partial charge in [0.2, 0.25) is 0 Å². The van der Waals surface area contributed by atoms with Gasteiger partial charge in [0.15, 0.2) is 0 Å². The van der Waals surface area contributed by atoms with Gasteiger partial charge in [0.25, 0.3) is 0 Å². The van der Waals surface area contributed by atoms with Gasteiger partial charge >= 0.3 is 0 Å². The summed E-state index contributed by atoms with van der Waals surface area (Å²) >= 11 is 9.23. The van der Waals surface area contributed by atoms with Crippen LogP contribution in [0, 0.1) is 13.8 Å². The molecule has 0 amide bonds. The highest BCUT2D eigenvalue weighted by Crippen LogP contribution is 2.25. The lowest BCUT2D eigenvalue weighted by Gasteiger charge is -2.11. The topological polar surface area (TPSA) is 47.0 Å². The van der Waals surface area contributed by atoms with Crippen LogP contribution in [0.2, 0.25) is 5.15 Å². The van der Waals surface area contributed by atoms with Crippen molar-refractivity contribution < 1.29 is 4.74 Å². The van der Waals surface area contributed by atoms with E-state index in [2.05, 4.69) is 44.2 Å². The second-order valence-corrected chi connectivity index (χ2v) is 5.52. The normalized spacial score (nSPS) is 10.4. The zero-order valence-corrected chi connectivity index (χ0v) is 13.6. The maximum absolute atomic E-state index is 5.89. The first-order valence-electron chi connectivity index (χ1n) is 6.18. The minimum Gasteiger partial charge on any atom is -0.491 e. The van der Waals surface area contributed by atoms with Gasteiger partial charge in [-0.05, 0) is 41.4 Å². The third-order valence-electron chi connectivity index (χ3n) is 2.73. The van der Waals surface area contributed by atoms with Crippen molar-refractivity contribution in [2.24, 2.45) is 0 Å². The van der Waals surface area contributed by atoms with Gasteiger partial charge in [-0.1, -0.05) is 29.3 Å². The fraction of sp³-hybridized carbons (Fsp3) is 0.286. The quantitative estimate of drug-likeness (QED) is 0.650. The van der Waals surface area contributed by atoms with E-state index in [9.17, 15) is 0 Å². The van der Waals surface area contributed by atoms with Crippen molar-refractivity contribution in [3.63, 3.8) is 0 Å². The number of nitrogens with one attached hydrogen (secondary N) is 1. The molecule has 0 radical (unpaired) electrons. The zero-order valence-electron chi connectivity index (χ0n) is 11.3. The van der Waals surface area contributed by atoms with Crippen LogP contribution in [0.25, 0.3) is 0 Å². The van der Waals surface area contributed by atoms with Crippen LogP contribution in [0.3, 0.4) is 0 Å². The summed E-state index contributed by atoms with van der Waals surface area (Å²) in [6.07, 6.45) is 1.42. The summed E-state index contributed by atoms with van der Waals surface area (Å²) in [5.74, 6) is 1.56. The summed E-state index contributed by atoms with van der Waals surface area (Å²) in [5.41, 5.74) is 2.36. The molecule has 6 heteroatoms. The zero-order chi connectivity index (χ0) is 14.5. The molecule has 0 aliphatic heterocycles. The highest BCUT2D eigenvalue weighted by molar-refractivity contribution is 9.10. The van der Waals surface area contributed by atoms with Gasteiger partial charge in [-0.3, -0.25) is 0 Å². The largest absolute Gasteiger partial charge is 0.491 e. The van der Waals surface area contributed by atoms with Crippen molar-refractivity contribution in [1.82, 2.24) is 9.97 Å². The van der Waals surface area contributed by atoms with Gasteiger partial charge < -0.3 is 10.1 Å². The molecule has 0 spiro atoms. The molecule has 0 aliphatic rings. The van der Waals surface area contributed by atoms with Crippen LogP contribution in [0.4, 0.5) is 5.82 Å². The number of benzene rings is 1. The van der Waals surface area contributed by atoms with Crippen molar-refractivity contribution in [1.29, 1.82) is 0 Å². The molecule has 1 aromatic heterocycles. The van der Waals surface area contributed by atoms with Gasteiger partial charge in [0.05, 0.1) is 11.0 Å². The Labute approximate surface area is 131 Å². The molecule has 0 saturated carbocycles. The predicted molar refractivity (Wildman–Crippen MR) is 84.6 cm³/mol. The van der Waals surface area contributed by atoms with Crippen LogP contribution in [-0.2, 0) is 0 Å². The summed E-state index contributed by atoms with van der Waals surface area (Å²) < 4.78 is 6.39. The van der Waals surface area contributed by atoms with E-state index in [1.807, 2.05) is 19.1 Å². The first kappa shape index (κ1) is 15.1. The SMILES string of the molecule is Cc1ccc(OCCNc2ncnc(Cl)c2Br)c(C)c1. The van der Waals surface area contributed by atoms with Crippen LogP contribution in [0.1, 0.15) is 11.1 Å². The number of aryl methyl sites for hydroxylation is 2. The molecule has 1 heterocycles. The maximum atomic E-state index is 5.89. The summed E-state index contributed by atoms with van der Waals surface area (Å²) in [7, 11) is 0. The number of anilines is 1. The van der Waals surface area contributed by atoms with Crippen molar-refractivity contribution in [2.45, 2.75) is 13.8 Å². The van der Waals surface area contributed by atoms with Crippen molar-refractivity contribution in [3.8, 4) is 5.75 Å². The van der Waals surface area contributed by atoms with Crippen molar-refractivity contribution in [2.75, 3.05) is 18.5 Å². The molecular weight excluding hydrogens is 342 g/mol. The minimum atomic E-state index is 0.387. The highest BCUT2D eigenvalue weighted by atomic mass is 79.9. The van der Waals surface area contributed by atoms with Crippen molar-refractivity contribution in [3.05, 3.63) is 45.3 Å². The number of nitrogens with zero attached hydrogens (tertiary/aromatic N) is 2. The van der Waals surface area contributed by atoms with Crippen LogP contribution in [-0.4, -0.2) is 23.1 Å². The Morgan fingerprint density at radius 3 is 2.85 bits per heavy atom. The highest BCUT2D eigenvalue weighted by Gasteiger charge is 2.06. The average molecular weight is 357 g/mol. The Kier molecular flexibility index (Phi) is 5.20. The van der Waals surface area contributed by atoms with Crippen LogP contribution >= 0.6 is 27.5 Å². The minimum absolute atomic E-state index is 0.387. The Morgan fingerprint density at radius 1 is 1.30 bits per heavy atom. The van der Waals surface area contributed by atoms with Crippen LogP contribution in [0.5, 0.6) is 5.75 Å². The Morgan fingerprint density at radius 2 is 2.10 bits per heavy atom. The lowest BCUT2D eigenvalue weighted by molar-refractivity contribution is 0.330. The molecule has 1 N–H and O–H groups in total. The molecule has 2 aromatic rings. The van der Waals surface area contributed by atoms with Crippen LogP contribution in [0.15, 0.2) is 29.0 Å². The summed E-state index contributed by atoms with van der Waals surface area (Å²) in [4.78, 5) is 7.97. The molecule has 0 bridgehead atoms. The molecular formula is C14H15BrClN3O. The van der Waals surface area contributed by atoms with E-state index >= 15 is 0 Å². The van der Waals surface area contributed by atoms with E-state index in [-0.39, 0.29) is 0 Å². The fourth-order valence-corrected chi connectivity index (χ4v) is 2.24. The lowest BCUT2D eigenvalue weighted by atomic mass is 10.1. The number of hydrogen-bond acceptors (Lipinski definition) is 4. The first-order valence-corrected chi connectivity index (χ1v) is 7.35. The van der Waals surface area contributed by atoms with Gasteiger partial charge in [0.1, 0.15) is 29.7 Å². The summed E-state index contributed by atoms with van der Waals surface area (Å²) in [5, 5.41) is 3.53. The molecule has 20 heavy (non-hydrogen) atoms. The number of aromatic nitrogens is 2. The molecule has 0 atom stereocenters. The van der Waals surface area contributed by atoms with E-state index in [0.717, 1.165) is 11.3 Å². The summed E-state index contributed by atoms with van der Waals surface area (Å²) in [6, 6.07) is 6.13. The van der Waals surface area contributed by atoms with Gasteiger partial charge in [-0.25, -0.2) is 9.97 Å². The molecule has 0 saturated heterocycles. The number of halogens is 2. The van der Waals surface area contributed by atoms with E-state index in [1.165, 1.54) is 11.9 Å². The van der Waals surface area contributed by atoms with Gasteiger partial charge in [0, 0.05) is 0 Å². The lowest BCUT2D eigenvalue weighted by Crippen LogP contribution is -2.13. The van der Waals surface area contributed by atoms with Crippen LogP contribution < -0.4 is 10.1 Å². The van der Waals surface area contributed by atoms with Gasteiger partial charge in [-0.2, -0.15) is 0 Å². The molecule has 0 aliphatic carbocycles. The van der Waals surface area contributed by atoms with E-state index in [4.69, 9.17) is 16.3 Å². The fourth-order valence-electron chi connectivity index (χ4n) is 1.76. The van der Waals surface area contributed by atoms with Gasteiger partial charge in [-0.15, -0.1) is 0 Å². The van der Waals surface area contributed by atoms with E-state index < -0.39 is 0 Å². The molecule has 0 fully saturated rings. The first-order chi connectivity index (χ1) is 9.58. The predicted octanol–water partition coefficient (Wildman–Crippen LogP) is 4.00. The van der Waals surface area contributed by atoms with Crippen molar-refractivity contribution >= 4 is 33.3 Å². The smallest absolute Gasteiger partial charge is 0.148 e. The molecule has 2 rings (SSSR count). The molecule has 106 valence electrons.